The third-order valence-electron chi connectivity index (χ3n) is 10.3. The van der Waals surface area contributed by atoms with E-state index in [1.165, 1.54) is 0 Å². The fourth-order valence-electron chi connectivity index (χ4n) is 8.26. The van der Waals surface area contributed by atoms with Crippen molar-refractivity contribution in [2.75, 3.05) is 0 Å². The standard InChI is InChI=1S/C36H55NO5/c1-6-9-16-30(38)35(41)25(13-8-3)22-31(39)29-21-28(20-27-19-26(33(27)29)18-23(4)5)36(42)34(24-14-11-12-15-24)37-32(40)17-10-7-2/h6-7,23-29,33-34H,1-2,8-22H2,3-5H3,(H,37,40)/t25?,26?,27?,28?,29?,33?,34-/m0/s1. The van der Waals surface area contributed by atoms with E-state index >= 15 is 0 Å². The largest absolute Gasteiger partial charge is 0.346 e. The van der Waals surface area contributed by atoms with Gasteiger partial charge in [0, 0.05) is 37.0 Å². The first-order chi connectivity index (χ1) is 20.1. The quantitative estimate of drug-likeness (QED) is 0.131. The zero-order valence-corrected chi connectivity index (χ0v) is 26.4. The number of amides is 1. The van der Waals surface area contributed by atoms with Crippen molar-refractivity contribution >= 4 is 29.0 Å². The summed E-state index contributed by atoms with van der Waals surface area (Å²) in [6.45, 7) is 13.8. The topological polar surface area (TPSA) is 97.4 Å². The molecule has 0 aromatic carbocycles. The van der Waals surface area contributed by atoms with Crippen molar-refractivity contribution in [1.82, 2.24) is 5.32 Å². The van der Waals surface area contributed by atoms with E-state index in [9.17, 15) is 24.0 Å². The molecule has 42 heavy (non-hydrogen) atoms. The van der Waals surface area contributed by atoms with Crippen molar-refractivity contribution in [3.8, 4) is 0 Å². The van der Waals surface area contributed by atoms with Crippen LogP contribution in [0.15, 0.2) is 25.3 Å². The molecule has 0 aliphatic heterocycles. The lowest BCUT2D eigenvalue weighted by molar-refractivity contribution is -0.146. The summed E-state index contributed by atoms with van der Waals surface area (Å²) in [5.41, 5.74) is 0. The predicted molar refractivity (Wildman–Crippen MR) is 167 cm³/mol. The molecule has 6 heteroatoms. The molecule has 7 atom stereocenters. The summed E-state index contributed by atoms with van der Waals surface area (Å²) in [6, 6.07) is -0.495. The zero-order chi connectivity index (χ0) is 30.8. The number of hydrogen-bond donors (Lipinski definition) is 1. The number of carbonyl (C=O) groups excluding carboxylic acids is 5. The molecule has 6 nitrogen and oxygen atoms in total. The van der Waals surface area contributed by atoms with Crippen LogP contribution >= 0.6 is 0 Å². The molecule has 1 N–H and O–H groups in total. The fourth-order valence-corrected chi connectivity index (χ4v) is 8.26. The number of carbonyl (C=O) groups is 5. The Labute approximate surface area is 253 Å². The van der Waals surface area contributed by atoms with Gasteiger partial charge in [0.15, 0.2) is 11.6 Å². The monoisotopic (exact) mass is 581 g/mol. The van der Waals surface area contributed by atoms with Gasteiger partial charge in [-0.2, -0.15) is 0 Å². The Balaban J connectivity index is 1.81. The first-order valence-corrected chi connectivity index (χ1v) is 16.8. The van der Waals surface area contributed by atoms with Gasteiger partial charge in [-0.05, 0) is 87.4 Å². The normalized spacial score (nSPS) is 26.9. The molecule has 0 heterocycles. The molecule has 0 spiro atoms. The third kappa shape index (κ3) is 8.83. The second kappa shape index (κ2) is 16.5. The van der Waals surface area contributed by atoms with Gasteiger partial charge in [-0.25, -0.2) is 0 Å². The minimum atomic E-state index is -0.589. The zero-order valence-electron chi connectivity index (χ0n) is 26.4. The Hall–Kier alpha value is -2.37. The van der Waals surface area contributed by atoms with Crippen molar-refractivity contribution in [2.24, 2.45) is 47.3 Å². The molecule has 3 aliphatic carbocycles. The van der Waals surface area contributed by atoms with Gasteiger partial charge in [-0.15, -0.1) is 13.2 Å². The maximum Gasteiger partial charge on any atom is 0.220 e. The van der Waals surface area contributed by atoms with Crippen molar-refractivity contribution in [3.63, 3.8) is 0 Å². The summed E-state index contributed by atoms with van der Waals surface area (Å²) in [4.78, 5) is 66.6. The maximum absolute atomic E-state index is 14.2. The molecule has 234 valence electrons. The molecule has 3 fully saturated rings. The highest BCUT2D eigenvalue weighted by atomic mass is 16.2. The van der Waals surface area contributed by atoms with Crippen LogP contribution in [-0.4, -0.2) is 35.1 Å². The van der Waals surface area contributed by atoms with Crippen LogP contribution in [0.3, 0.4) is 0 Å². The second-order valence-electron chi connectivity index (χ2n) is 13.8. The average Bonchev–Trinajstić information content (AvgIpc) is 3.49. The molecule has 0 radical (unpaired) electrons. The van der Waals surface area contributed by atoms with Gasteiger partial charge in [-0.1, -0.05) is 52.2 Å². The predicted octanol–water partition coefficient (Wildman–Crippen LogP) is 7.00. The smallest absolute Gasteiger partial charge is 0.220 e. The van der Waals surface area contributed by atoms with Crippen LogP contribution in [0.2, 0.25) is 0 Å². The first-order valence-electron chi connectivity index (χ1n) is 16.8. The summed E-state index contributed by atoms with van der Waals surface area (Å²) in [7, 11) is 0. The van der Waals surface area contributed by atoms with E-state index in [-0.39, 0.29) is 54.0 Å². The molecule has 3 saturated carbocycles. The van der Waals surface area contributed by atoms with Crippen molar-refractivity contribution in [3.05, 3.63) is 25.3 Å². The molecule has 0 aromatic rings. The maximum atomic E-state index is 14.2. The van der Waals surface area contributed by atoms with Gasteiger partial charge in [0.05, 0.1) is 6.04 Å². The van der Waals surface area contributed by atoms with E-state index in [0.29, 0.717) is 49.9 Å². The van der Waals surface area contributed by atoms with E-state index in [1.54, 1.807) is 12.2 Å². The van der Waals surface area contributed by atoms with Crippen LogP contribution in [0, 0.1) is 47.3 Å². The highest BCUT2D eigenvalue weighted by molar-refractivity contribution is 6.38. The molecular formula is C36H55NO5. The molecule has 3 rings (SSSR count). The number of Topliss-reactive ketones (excluding diaryl/α,β-unsaturated/α-hetero) is 4. The first kappa shape index (κ1) is 34.1. The van der Waals surface area contributed by atoms with Crippen molar-refractivity contribution < 1.29 is 24.0 Å². The summed E-state index contributed by atoms with van der Waals surface area (Å²) < 4.78 is 0. The van der Waals surface area contributed by atoms with E-state index in [2.05, 4.69) is 32.3 Å². The molecule has 3 aliphatic rings. The van der Waals surface area contributed by atoms with Crippen LogP contribution in [0.25, 0.3) is 0 Å². The van der Waals surface area contributed by atoms with Gasteiger partial charge in [0.1, 0.15) is 5.78 Å². The van der Waals surface area contributed by atoms with E-state index in [0.717, 1.165) is 51.4 Å². The third-order valence-corrected chi connectivity index (χ3v) is 10.3. The highest BCUT2D eigenvalue weighted by Gasteiger charge is 2.53. The minimum Gasteiger partial charge on any atom is -0.346 e. The second-order valence-corrected chi connectivity index (χ2v) is 13.8. The molecule has 0 bridgehead atoms. The Morgan fingerprint density at radius 3 is 2.21 bits per heavy atom. The lowest BCUT2D eigenvalue weighted by Gasteiger charge is -2.54. The van der Waals surface area contributed by atoms with Crippen molar-refractivity contribution in [2.45, 2.75) is 123 Å². The summed E-state index contributed by atoms with van der Waals surface area (Å²) in [5, 5.41) is 3.10. The molecule has 6 unspecified atom stereocenters. The van der Waals surface area contributed by atoms with Crippen LogP contribution in [-0.2, 0) is 24.0 Å². The van der Waals surface area contributed by atoms with Crippen LogP contribution in [0.4, 0.5) is 0 Å². The van der Waals surface area contributed by atoms with Gasteiger partial charge < -0.3 is 5.32 Å². The number of nitrogens with one attached hydrogen (secondary N) is 1. The Kier molecular flexibility index (Phi) is 13.4. The number of fused-ring (bicyclic) bond motifs is 1. The van der Waals surface area contributed by atoms with E-state index < -0.39 is 23.5 Å². The lowest BCUT2D eigenvalue weighted by Crippen LogP contribution is -2.54. The molecule has 0 aromatic heterocycles. The van der Waals surface area contributed by atoms with E-state index in [1.807, 2.05) is 6.92 Å². The Morgan fingerprint density at radius 1 is 0.929 bits per heavy atom. The number of hydrogen-bond acceptors (Lipinski definition) is 5. The van der Waals surface area contributed by atoms with Crippen LogP contribution < -0.4 is 5.32 Å². The summed E-state index contributed by atoms with van der Waals surface area (Å²) in [6.07, 6.45) is 13.6. The summed E-state index contributed by atoms with van der Waals surface area (Å²) >= 11 is 0. The highest BCUT2D eigenvalue weighted by Crippen LogP contribution is 2.56. The summed E-state index contributed by atoms with van der Waals surface area (Å²) in [5.74, 6) is -0.231. The number of allylic oxidation sites excluding steroid dienone is 2. The Morgan fingerprint density at radius 2 is 1.60 bits per heavy atom. The SMILES string of the molecule is C=CCCC(=O)N[C@H](C(=O)C1CC2CC(CC(C)C)C2C(C(=O)CC(CCC)C(=O)C(=O)CCC=C)C1)C1CCCC1. The van der Waals surface area contributed by atoms with Crippen LogP contribution in [0.1, 0.15) is 117 Å². The number of ketones is 4. The molecule has 1 amide bonds. The van der Waals surface area contributed by atoms with Gasteiger partial charge in [0.2, 0.25) is 11.7 Å². The number of rotatable bonds is 19. The molecular weight excluding hydrogens is 526 g/mol. The fraction of sp³-hybridized carbons (Fsp3) is 0.750. The van der Waals surface area contributed by atoms with E-state index in [4.69, 9.17) is 0 Å². The van der Waals surface area contributed by atoms with Crippen molar-refractivity contribution in [1.29, 1.82) is 0 Å². The minimum absolute atomic E-state index is 0.0479. The van der Waals surface area contributed by atoms with Gasteiger partial charge in [-0.3, -0.25) is 24.0 Å². The van der Waals surface area contributed by atoms with Crippen LogP contribution in [0.5, 0.6) is 0 Å². The molecule has 0 saturated heterocycles. The van der Waals surface area contributed by atoms with Gasteiger partial charge in [0.25, 0.3) is 0 Å². The Bertz CT molecular complexity index is 993. The van der Waals surface area contributed by atoms with Gasteiger partial charge >= 0.3 is 0 Å². The lowest BCUT2D eigenvalue weighted by atomic mass is 9.49. The average molecular weight is 582 g/mol.